The molecule has 1 aromatic carbocycles. The van der Waals surface area contributed by atoms with Crippen molar-refractivity contribution >= 4 is 23.4 Å². The summed E-state index contributed by atoms with van der Waals surface area (Å²) in [7, 11) is 0. The van der Waals surface area contributed by atoms with Crippen molar-refractivity contribution in [3.63, 3.8) is 0 Å². The molecular formula is C26H31F3N4O3. The first kappa shape index (κ1) is 25.9. The Morgan fingerprint density at radius 1 is 1.14 bits per heavy atom. The molecular weight excluding hydrogens is 473 g/mol. The molecule has 1 aliphatic heterocycles. The summed E-state index contributed by atoms with van der Waals surface area (Å²) in [6.45, 7) is 8.52. The fourth-order valence-corrected chi connectivity index (χ4v) is 4.54. The summed E-state index contributed by atoms with van der Waals surface area (Å²) in [6, 6.07) is 8.69. The van der Waals surface area contributed by atoms with Crippen molar-refractivity contribution in [3.8, 4) is 0 Å². The van der Waals surface area contributed by atoms with E-state index in [9.17, 15) is 22.8 Å². The second-order valence-electron chi connectivity index (χ2n) is 9.95. The van der Waals surface area contributed by atoms with Gasteiger partial charge in [0.05, 0.1) is 17.7 Å². The van der Waals surface area contributed by atoms with E-state index in [4.69, 9.17) is 4.74 Å². The zero-order chi connectivity index (χ0) is 26.3. The normalized spacial score (nSPS) is 19.5. The standard InChI is InChI=1S/C26H31F3N4O3/c1-5-36-16-17(2)31-21-14-18(10-13-30-21)15-32-23(35)33(22(34)24(32,3)4)20-8-6-19(7-9-20)25(11-12-25)26(27,28)29/h6-10,13-14,17H,5,11-12,15-16H2,1-4H3,(H,30,31)/t17-/m0/s1. The first-order valence-electron chi connectivity index (χ1n) is 12.0. The largest absolute Gasteiger partial charge is 0.398 e. The topological polar surface area (TPSA) is 74.8 Å². The summed E-state index contributed by atoms with van der Waals surface area (Å²) < 4.78 is 45.9. The molecule has 1 saturated carbocycles. The van der Waals surface area contributed by atoms with Crippen molar-refractivity contribution in [3.05, 3.63) is 53.7 Å². The van der Waals surface area contributed by atoms with Crippen LogP contribution < -0.4 is 10.2 Å². The highest BCUT2D eigenvalue weighted by atomic mass is 19.4. The van der Waals surface area contributed by atoms with E-state index in [0.29, 0.717) is 19.0 Å². The van der Waals surface area contributed by atoms with Crippen LogP contribution in [0.2, 0.25) is 0 Å². The fraction of sp³-hybridized carbons (Fsp3) is 0.500. The van der Waals surface area contributed by atoms with Crippen LogP contribution in [0.1, 0.15) is 51.7 Å². The van der Waals surface area contributed by atoms with Crippen molar-refractivity contribution in [2.75, 3.05) is 23.4 Å². The molecule has 1 aromatic heterocycles. The average Bonchev–Trinajstić information content (AvgIpc) is 3.61. The van der Waals surface area contributed by atoms with E-state index in [2.05, 4.69) is 10.3 Å². The molecule has 36 heavy (non-hydrogen) atoms. The Labute approximate surface area is 208 Å². The number of amides is 3. The smallest absolute Gasteiger partial charge is 0.380 e. The van der Waals surface area contributed by atoms with Crippen molar-refractivity contribution in [1.29, 1.82) is 0 Å². The van der Waals surface area contributed by atoms with Crippen LogP contribution in [0.25, 0.3) is 0 Å². The third kappa shape index (κ3) is 4.66. The minimum absolute atomic E-state index is 0.0322. The van der Waals surface area contributed by atoms with Crippen molar-refractivity contribution in [2.45, 2.75) is 70.3 Å². The number of carbonyl (C=O) groups excluding carboxylic acids is 2. The molecule has 1 saturated heterocycles. The molecule has 10 heteroatoms. The SMILES string of the molecule is CCOC[C@H](C)Nc1cc(CN2C(=O)N(c3ccc(C4(C(F)(F)F)CC4)cc3)C(=O)C2(C)C)ccn1. The van der Waals surface area contributed by atoms with Crippen LogP contribution in [0, 0.1) is 0 Å². The van der Waals surface area contributed by atoms with Gasteiger partial charge in [-0.25, -0.2) is 14.7 Å². The summed E-state index contributed by atoms with van der Waals surface area (Å²) in [4.78, 5) is 33.4. The lowest BCUT2D eigenvalue weighted by Gasteiger charge is -2.28. The number of carbonyl (C=O) groups is 2. The molecule has 0 bridgehead atoms. The highest BCUT2D eigenvalue weighted by Crippen LogP contribution is 2.59. The van der Waals surface area contributed by atoms with Gasteiger partial charge in [-0.3, -0.25) is 4.79 Å². The van der Waals surface area contributed by atoms with Gasteiger partial charge in [0.15, 0.2) is 0 Å². The fourth-order valence-electron chi connectivity index (χ4n) is 4.54. The van der Waals surface area contributed by atoms with Gasteiger partial charge in [-0.15, -0.1) is 0 Å². The zero-order valence-electron chi connectivity index (χ0n) is 20.9. The molecule has 0 unspecified atom stereocenters. The minimum atomic E-state index is -4.33. The lowest BCUT2D eigenvalue weighted by molar-refractivity contribution is -0.160. The first-order chi connectivity index (χ1) is 16.9. The number of hydrogen-bond donors (Lipinski definition) is 1. The Morgan fingerprint density at radius 2 is 1.81 bits per heavy atom. The van der Waals surface area contributed by atoms with Gasteiger partial charge in [0.25, 0.3) is 5.91 Å². The second kappa shape index (κ2) is 9.38. The molecule has 7 nitrogen and oxygen atoms in total. The number of nitrogens with one attached hydrogen (secondary N) is 1. The number of aromatic nitrogens is 1. The molecule has 1 aliphatic carbocycles. The van der Waals surface area contributed by atoms with Gasteiger partial charge in [-0.05, 0) is 75.9 Å². The number of hydrogen-bond acceptors (Lipinski definition) is 5. The van der Waals surface area contributed by atoms with Gasteiger partial charge < -0.3 is 15.0 Å². The highest BCUT2D eigenvalue weighted by Gasteiger charge is 2.64. The van der Waals surface area contributed by atoms with Gasteiger partial charge >= 0.3 is 12.2 Å². The van der Waals surface area contributed by atoms with Gasteiger partial charge in [0.1, 0.15) is 11.4 Å². The lowest BCUT2D eigenvalue weighted by Crippen LogP contribution is -2.43. The maximum atomic E-state index is 13.5. The van der Waals surface area contributed by atoms with Crippen LogP contribution in [0.5, 0.6) is 0 Å². The van der Waals surface area contributed by atoms with Gasteiger partial charge in [-0.2, -0.15) is 13.2 Å². The number of halogens is 3. The second-order valence-corrected chi connectivity index (χ2v) is 9.95. The number of anilines is 2. The predicted octanol–water partition coefficient (Wildman–Crippen LogP) is 5.26. The summed E-state index contributed by atoms with van der Waals surface area (Å²) >= 11 is 0. The summed E-state index contributed by atoms with van der Waals surface area (Å²) in [5.41, 5.74) is -1.77. The quantitative estimate of drug-likeness (QED) is 0.472. The molecule has 2 aromatic rings. The van der Waals surface area contributed by atoms with Crippen LogP contribution in [0.3, 0.4) is 0 Å². The lowest BCUT2D eigenvalue weighted by atomic mass is 9.95. The number of urea groups is 1. The van der Waals surface area contributed by atoms with Crippen molar-refractivity contribution in [1.82, 2.24) is 9.88 Å². The van der Waals surface area contributed by atoms with E-state index in [-0.39, 0.29) is 36.7 Å². The highest BCUT2D eigenvalue weighted by molar-refractivity contribution is 6.22. The molecule has 0 radical (unpaired) electrons. The van der Waals surface area contributed by atoms with E-state index in [1.807, 2.05) is 19.9 Å². The number of imide groups is 1. The summed E-state index contributed by atoms with van der Waals surface area (Å²) in [5.74, 6) is 0.191. The number of rotatable bonds is 9. The van der Waals surface area contributed by atoms with Crippen LogP contribution >= 0.6 is 0 Å². The molecule has 194 valence electrons. The van der Waals surface area contributed by atoms with Gasteiger partial charge in [0.2, 0.25) is 0 Å². The summed E-state index contributed by atoms with van der Waals surface area (Å²) in [5, 5.41) is 3.25. The van der Waals surface area contributed by atoms with Crippen LogP contribution in [0.4, 0.5) is 29.5 Å². The molecule has 0 spiro atoms. The number of pyridine rings is 1. The zero-order valence-corrected chi connectivity index (χ0v) is 20.9. The van der Waals surface area contributed by atoms with Gasteiger partial charge in [-0.1, -0.05) is 12.1 Å². The average molecular weight is 505 g/mol. The number of alkyl halides is 3. The monoisotopic (exact) mass is 504 g/mol. The Hall–Kier alpha value is -3.14. The third-order valence-corrected chi connectivity index (χ3v) is 6.93. The maximum Gasteiger partial charge on any atom is 0.398 e. The Bertz CT molecular complexity index is 1130. The van der Waals surface area contributed by atoms with E-state index in [0.717, 1.165) is 10.5 Å². The van der Waals surface area contributed by atoms with E-state index in [1.165, 1.54) is 29.2 Å². The van der Waals surface area contributed by atoms with E-state index >= 15 is 0 Å². The molecule has 2 fully saturated rings. The minimum Gasteiger partial charge on any atom is -0.380 e. The van der Waals surface area contributed by atoms with E-state index < -0.39 is 29.1 Å². The van der Waals surface area contributed by atoms with Crippen LogP contribution in [0.15, 0.2) is 42.6 Å². The molecule has 1 atom stereocenters. The predicted molar refractivity (Wildman–Crippen MR) is 130 cm³/mol. The Balaban J connectivity index is 1.52. The van der Waals surface area contributed by atoms with E-state index in [1.54, 1.807) is 26.1 Å². The molecule has 3 amide bonds. The summed E-state index contributed by atoms with van der Waals surface area (Å²) in [6.07, 6.45) is -2.60. The molecule has 1 N–H and O–H groups in total. The number of nitrogens with zero attached hydrogens (tertiary/aromatic N) is 3. The van der Waals surface area contributed by atoms with Crippen molar-refractivity contribution < 1.29 is 27.5 Å². The molecule has 2 heterocycles. The molecule has 2 aliphatic rings. The van der Waals surface area contributed by atoms with Crippen LogP contribution in [-0.2, 0) is 21.5 Å². The van der Waals surface area contributed by atoms with Gasteiger partial charge in [0, 0.05) is 25.4 Å². The first-order valence-corrected chi connectivity index (χ1v) is 12.0. The number of benzene rings is 1. The third-order valence-electron chi connectivity index (χ3n) is 6.93. The Morgan fingerprint density at radius 3 is 2.39 bits per heavy atom. The number of ether oxygens (including phenoxy) is 1. The molecule has 4 rings (SSSR count). The van der Waals surface area contributed by atoms with Crippen molar-refractivity contribution in [2.24, 2.45) is 0 Å². The van der Waals surface area contributed by atoms with Crippen LogP contribution in [-0.4, -0.2) is 52.8 Å². The maximum absolute atomic E-state index is 13.5. The Kier molecular flexibility index (Phi) is 6.76.